The van der Waals surface area contributed by atoms with Crippen LogP contribution in [0.2, 0.25) is 10.0 Å². The van der Waals surface area contributed by atoms with Crippen LogP contribution in [0, 0.1) is 6.92 Å². The Hall–Kier alpha value is -2.82. The van der Waals surface area contributed by atoms with Crippen molar-refractivity contribution in [2.75, 3.05) is 0 Å². The monoisotopic (exact) mass is 412 g/mol. The number of nitrogens with zero attached hydrogens (tertiary/aromatic N) is 1. The lowest BCUT2D eigenvalue weighted by Crippen LogP contribution is -2.18. The number of hydrogen-bond donors (Lipinski definition) is 1. The van der Waals surface area contributed by atoms with E-state index < -0.39 is 5.91 Å². The normalized spacial score (nSPS) is 10.8. The van der Waals surface area contributed by atoms with Gasteiger partial charge in [-0.25, -0.2) is 5.43 Å². The lowest BCUT2D eigenvalue weighted by atomic mass is 10.1. The van der Waals surface area contributed by atoms with Crippen molar-refractivity contribution in [3.8, 4) is 5.75 Å². The van der Waals surface area contributed by atoms with E-state index in [1.807, 2.05) is 55.5 Å². The maximum absolute atomic E-state index is 12.2. The highest BCUT2D eigenvalue weighted by Gasteiger charge is 2.10. The summed E-state index contributed by atoms with van der Waals surface area (Å²) in [5, 5.41) is 4.75. The van der Waals surface area contributed by atoms with Gasteiger partial charge in [0, 0.05) is 10.6 Å². The molecule has 0 fully saturated rings. The number of nitrogens with one attached hydrogen (secondary N) is 1. The van der Waals surface area contributed by atoms with Crippen molar-refractivity contribution in [2.45, 2.75) is 13.5 Å². The van der Waals surface area contributed by atoms with E-state index >= 15 is 0 Å². The average molecular weight is 413 g/mol. The molecule has 28 heavy (non-hydrogen) atoms. The van der Waals surface area contributed by atoms with E-state index in [-0.39, 0.29) is 5.02 Å². The number of carbonyl (C=O) groups excluding carboxylic acids is 1. The maximum atomic E-state index is 12.2. The lowest BCUT2D eigenvalue weighted by molar-refractivity contribution is 0.0955. The van der Waals surface area contributed by atoms with E-state index in [1.54, 1.807) is 12.1 Å². The average Bonchev–Trinajstić information content (AvgIpc) is 2.68. The van der Waals surface area contributed by atoms with Gasteiger partial charge in [-0.15, -0.1) is 0 Å². The maximum Gasteiger partial charge on any atom is 0.272 e. The number of aryl methyl sites for hydroxylation is 1. The molecule has 0 radical (unpaired) electrons. The van der Waals surface area contributed by atoms with Crippen LogP contribution in [0.25, 0.3) is 0 Å². The molecule has 0 heterocycles. The Morgan fingerprint density at radius 1 is 1.07 bits per heavy atom. The molecule has 1 N–H and O–H groups in total. The van der Waals surface area contributed by atoms with Gasteiger partial charge < -0.3 is 4.74 Å². The first-order valence-electron chi connectivity index (χ1n) is 8.59. The van der Waals surface area contributed by atoms with Crippen molar-refractivity contribution >= 4 is 35.3 Å². The molecule has 0 aliphatic heterocycles. The number of benzene rings is 3. The first-order valence-corrected chi connectivity index (χ1v) is 9.35. The second-order valence-corrected chi connectivity index (χ2v) is 6.92. The van der Waals surface area contributed by atoms with Crippen LogP contribution in [0.5, 0.6) is 5.75 Å². The zero-order valence-corrected chi connectivity index (χ0v) is 16.7. The Kier molecular flexibility index (Phi) is 6.69. The summed E-state index contributed by atoms with van der Waals surface area (Å²) in [5.41, 5.74) is 5.79. The number of para-hydroxylation sites is 1. The third-order valence-electron chi connectivity index (χ3n) is 4.11. The molecule has 0 saturated heterocycles. The fraction of sp³-hybridized carbons (Fsp3) is 0.0909. The van der Waals surface area contributed by atoms with Crippen LogP contribution in [0.15, 0.2) is 71.8 Å². The van der Waals surface area contributed by atoms with E-state index in [0.29, 0.717) is 22.9 Å². The van der Waals surface area contributed by atoms with Crippen LogP contribution in [0.3, 0.4) is 0 Å². The van der Waals surface area contributed by atoms with Crippen LogP contribution in [-0.4, -0.2) is 12.1 Å². The highest BCUT2D eigenvalue weighted by Crippen LogP contribution is 2.21. The third kappa shape index (κ3) is 5.12. The van der Waals surface area contributed by atoms with Gasteiger partial charge in [-0.05, 0) is 48.4 Å². The van der Waals surface area contributed by atoms with Crippen molar-refractivity contribution < 1.29 is 9.53 Å². The smallest absolute Gasteiger partial charge is 0.272 e. The van der Waals surface area contributed by atoms with Crippen molar-refractivity contribution in [3.63, 3.8) is 0 Å². The molecule has 0 bridgehead atoms. The lowest BCUT2D eigenvalue weighted by Gasteiger charge is -2.10. The Bertz CT molecular complexity index is 1020. The molecule has 3 aromatic carbocycles. The molecule has 4 nitrogen and oxygen atoms in total. The summed E-state index contributed by atoms with van der Waals surface area (Å²) in [6.45, 7) is 2.49. The van der Waals surface area contributed by atoms with Crippen LogP contribution >= 0.6 is 23.2 Å². The molecule has 0 aliphatic carbocycles. The first kappa shape index (κ1) is 19.9. The van der Waals surface area contributed by atoms with Gasteiger partial charge in [0.15, 0.2) is 0 Å². The molecule has 142 valence electrons. The summed E-state index contributed by atoms with van der Waals surface area (Å²) in [6.07, 6.45) is 1.54. The van der Waals surface area contributed by atoms with Crippen LogP contribution in [0.4, 0.5) is 0 Å². The fourth-order valence-electron chi connectivity index (χ4n) is 2.54. The van der Waals surface area contributed by atoms with E-state index in [9.17, 15) is 4.79 Å². The minimum absolute atomic E-state index is 0.266. The summed E-state index contributed by atoms with van der Waals surface area (Å²) >= 11 is 11.9. The van der Waals surface area contributed by atoms with Crippen molar-refractivity contribution in [1.29, 1.82) is 0 Å². The Balaban J connectivity index is 1.67. The van der Waals surface area contributed by atoms with Crippen molar-refractivity contribution in [3.05, 3.63) is 99.0 Å². The minimum Gasteiger partial charge on any atom is -0.488 e. The zero-order chi connectivity index (χ0) is 19.9. The Morgan fingerprint density at radius 3 is 2.61 bits per heavy atom. The largest absolute Gasteiger partial charge is 0.488 e. The number of rotatable bonds is 6. The summed E-state index contributed by atoms with van der Waals surface area (Å²) < 4.78 is 5.94. The van der Waals surface area contributed by atoms with Crippen molar-refractivity contribution in [1.82, 2.24) is 5.43 Å². The molecule has 6 heteroatoms. The van der Waals surface area contributed by atoms with Gasteiger partial charge in [-0.3, -0.25) is 4.79 Å². The Morgan fingerprint density at radius 2 is 1.82 bits per heavy atom. The molecule has 0 aliphatic rings. The van der Waals surface area contributed by atoms with Gasteiger partial charge in [0.2, 0.25) is 0 Å². The molecule has 0 unspecified atom stereocenters. The number of halogens is 2. The summed E-state index contributed by atoms with van der Waals surface area (Å²) in [4.78, 5) is 12.2. The van der Waals surface area contributed by atoms with E-state index in [4.69, 9.17) is 27.9 Å². The van der Waals surface area contributed by atoms with Crippen LogP contribution in [0.1, 0.15) is 27.0 Å². The summed E-state index contributed by atoms with van der Waals surface area (Å²) in [7, 11) is 0. The van der Waals surface area contributed by atoms with Gasteiger partial charge in [0.25, 0.3) is 5.91 Å². The molecule has 0 atom stereocenters. The predicted molar refractivity (Wildman–Crippen MR) is 113 cm³/mol. The summed E-state index contributed by atoms with van der Waals surface area (Å²) in [6, 6.07) is 20.2. The van der Waals surface area contributed by atoms with E-state index in [1.165, 1.54) is 17.8 Å². The standard InChI is InChI=1S/C22H18Cl2N2O2/c1-15-6-2-3-8-17(15)14-28-21-9-5-4-7-16(21)13-25-26-22(27)19-11-10-18(23)12-20(19)24/h2-13H,14H2,1H3,(H,26,27)/b25-13+. The summed E-state index contributed by atoms with van der Waals surface area (Å²) in [5.74, 6) is 0.254. The predicted octanol–water partition coefficient (Wildman–Crippen LogP) is 5.64. The topological polar surface area (TPSA) is 50.7 Å². The Labute approximate surface area is 173 Å². The number of hydrogen-bond acceptors (Lipinski definition) is 3. The molecule has 0 spiro atoms. The third-order valence-corrected chi connectivity index (χ3v) is 4.66. The number of ether oxygens (including phenoxy) is 1. The van der Waals surface area contributed by atoms with Crippen LogP contribution < -0.4 is 10.2 Å². The molecular formula is C22H18Cl2N2O2. The SMILES string of the molecule is Cc1ccccc1COc1ccccc1/C=N/NC(=O)c1ccc(Cl)cc1Cl. The second-order valence-electron chi connectivity index (χ2n) is 6.08. The highest BCUT2D eigenvalue weighted by molar-refractivity contribution is 6.36. The molecule has 0 aromatic heterocycles. The number of hydrazone groups is 1. The number of amides is 1. The zero-order valence-electron chi connectivity index (χ0n) is 15.2. The van der Waals surface area contributed by atoms with Crippen molar-refractivity contribution in [2.24, 2.45) is 5.10 Å². The van der Waals surface area contributed by atoms with Gasteiger partial charge in [-0.1, -0.05) is 59.6 Å². The highest BCUT2D eigenvalue weighted by atomic mass is 35.5. The molecule has 0 saturated carbocycles. The molecular weight excluding hydrogens is 395 g/mol. The molecule has 3 aromatic rings. The first-order chi connectivity index (χ1) is 13.5. The van der Waals surface area contributed by atoms with Gasteiger partial charge in [0.05, 0.1) is 16.8 Å². The van der Waals surface area contributed by atoms with Gasteiger partial charge in [0.1, 0.15) is 12.4 Å². The second kappa shape index (κ2) is 9.40. The van der Waals surface area contributed by atoms with Gasteiger partial charge in [-0.2, -0.15) is 5.10 Å². The minimum atomic E-state index is -0.420. The molecule has 3 rings (SSSR count). The van der Waals surface area contributed by atoms with Gasteiger partial charge >= 0.3 is 0 Å². The van der Waals surface area contributed by atoms with E-state index in [0.717, 1.165) is 11.1 Å². The quantitative estimate of drug-likeness (QED) is 0.420. The fourth-order valence-corrected chi connectivity index (χ4v) is 3.03. The number of carbonyl (C=O) groups is 1. The molecule has 1 amide bonds. The van der Waals surface area contributed by atoms with E-state index in [2.05, 4.69) is 10.5 Å². The van der Waals surface area contributed by atoms with Crippen LogP contribution in [-0.2, 0) is 6.61 Å².